The number of ether oxygens (including phenoxy) is 2. The number of benzene rings is 1. The Kier molecular flexibility index (Phi) is 7.18. The fourth-order valence-electron chi connectivity index (χ4n) is 3.38. The minimum atomic E-state index is 0.00934. The number of halogens is 1. The number of methoxy groups -OCH3 is 2. The van der Waals surface area contributed by atoms with Crippen LogP contribution in [0.3, 0.4) is 0 Å². The van der Waals surface area contributed by atoms with Gasteiger partial charge in [-0.25, -0.2) is 0 Å². The topological polar surface area (TPSA) is 35.5 Å². The summed E-state index contributed by atoms with van der Waals surface area (Å²) in [6, 6.07) is 4.27. The predicted molar refractivity (Wildman–Crippen MR) is 102 cm³/mol. The summed E-state index contributed by atoms with van der Waals surface area (Å²) in [6.07, 6.45) is 7.34. The lowest BCUT2D eigenvalue weighted by molar-refractivity contribution is -0.119. The van der Waals surface area contributed by atoms with Crippen molar-refractivity contribution in [3.05, 3.63) is 23.3 Å². The second-order valence-electron chi connectivity index (χ2n) is 6.24. The van der Waals surface area contributed by atoms with Gasteiger partial charge in [0.1, 0.15) is 17.3 Å². The predicted octanol–water partition coefficient (Wildman–Crippen LogP) is 5.08. The van der Waals surface area contributed by atoms with E-state index in [1.54, 1.807) is 14.2 Å². The van der Waals surface area contributed by atoms with E-state index in [2.05, 4.69) is 41.6 Å². The number of unbranched alkanes of at least 4 members (excludes halogenated alkanes) is 2. The van der Waals surface area contributed by atoms with Crippen molar-refractivity contribution in [1.29, 1.82) is 0 Å². The van der Waals surface area contributed by atoms with Gasteiger partial charge in [-0.15, -0.1) is 0 Å². The highest BCUT2D eigenvalue weighted by Gasteiger charge is 2.34. The van der Waals surface area contributed by atoms with Crippen LogP contribution in [-0.4, -0.2) is 23.9 Å². The monoisotopic (exact) mass is 430 g/mol. The third-order valence-electron chi connectivity index (χ3n) is 4.64. The van der Waals surface area contributed by atoms with Gasteiger partial charge in [-0.3, -0.25) is 4.79 Å². The fraction of sp³-hybridized carbons (Fsp3) is 0.632. The van der Waals surface area contributed by atoms with Gasteiger partial charge in [0.15, 0.2) is 0 Å². The molecule has 0 aliphatic heterocycles. The molecule has 1 fully saturated rings. The SMILES string of the molecule is CCCCCc1cc(OC)c(C2CCCC(=O)C2I)c(OC)c1. The van der Waals surface area contributed by atoms with Crippen LogP contribution < -0.4 is 9.47 Å². The molecule has 2 atom stereocenters. The largest absolute Gasteiger partial charge is 0.496 e. The quantitative estimate of drug-likeness (QED) is 0.344. The molecule has 2 unspecified atom stereocenters. The van der Waals surface area contributed by atoms with Crippen molar-refractivity contribution in [3.8, 4) is 11.5 Å². The molecule has 4 heteroatoms. The molecule has 0 heterocycles. The zero-order valence-electron chi connectivity index (χ0n) is 14.4. The van der Waals surface area contributed by atoms with Gasteiger partial charge < -0.3 is 9.47 Å². The summed E-state index contributed by atoms with van der Waals surface area (Å²) < 4.78 is 11.4. The van der Waals surface area contributed by atoms with E-state index in [-0.39, 0.29) is 9.84 Å². The van der Waals surface area contributed by atoms with Crippen LogP contribution in [0.4, 0.5) is 0 Å². The van der Waals surface area contributed by atoms with Crippen LogP contribution in [0.5, 0.6) is 11.5 Å². The third-order valence-corrected chi connectivity index (χ3v) is 6.21. The van der Waals surface area contributed by atoms with Crippen LogP contribution in [0.25, 0.3) is 0 Å². The molecule has 1 aliphatic rings. The lowest BCUT2D eigenvalue weighted by Crippen LogP contribution is -2.27. The molecule has 2 rings (SSSR count). The van der Waals surface area contributed by atoms with E-state index >= 15 is 0 Å². The normalized spacial score (nSPS) is 21.3. The van der Waals surface area contributed by atoms with Gasteiger partial charge in [-0.2, -0.15) is 0 Å². The van der Waals surface area contributed by atoms with Crippen molar-refractivity contribution in [2.24, 2.45) is 0 Å². The summed E-state index contributed by atoms with van der Waals surface area (Å²) in [7, 11) is 3.42. The summed E-state index contributed by atoms with van der Waals surface area (Å²) in [5.74, 6) is 2.28. The first-order valence-electron chi connectivity index (χ1n) is 8.53. The first kappa shape index (κ1) is 18.6. The molecule has 0 amide bonds. The lowest BCUT2D eigenvalue weighted by Gasteiger charge is -2.29. The first-order chi connectivity index (χ1) is 11.1. The van der Waals surface area contributed by atoms with E-state index in [4.69, 9.17) is 9.47 Å². The second-order valence-corrected chi connectivity index (χ2v) is 7.58. The van der Waals surface area contributed by atoms with Gasteiger partial charge >= 0.3 is 0 Å². The van der Waals surface area contributed by atoms with Crippen molar-refractivity contribution < 1.29 is 14.3 Å². The molecular weight excluding hydrogens is 403 g/mol. The fourth-order valence-corrected chi connectivity index (χ4v) is 4.41. The number of Topliss-reactive ketones (excluding diaryl/α,β-unsaturated/α-hetero) is 1. The summed E-state index contributed by atoms with van der Waals surface area (Å²) >= 11 is 2.29. The Hall–Kier alpha value is -0.780. The highest BCUT2D eigenvalue weighted by molar-refractivity contribution is 14.1. The molecule has 0 bridgehead atoms. The van der Waals surface area contributed by atoms with E-state index in [1.807, 2.05) is 0 Å². The zero-order valence-corrected chi connectivity index (χ0v) is 16.5. The second kappa shape index (κ2) is 8.90. The van der Waals surface area contributed by atoms with Crippen molar-refractivity contribution in [3.63, 3.8) is 0 Å². The Labute approximate surface area is 153 Å². The molecule has 0 saturated heterocycles. The minimum Gasteiger partial charge on any atom is -0.496 e. The Morgan fingerprint density at radius 1 is 1.17 bits per heavy atom. The van der Waals surface area contributed by atoms with Crippen LogP contribution in [0.15, 0.2) is 12.1 Å². The Morgan fingerprint density at radius 2 is 1.83 bits per heavy atom. The number of hydrogen-bond acceptors (Lipinski definition) is 3. The van der Waals surface area contributed by atoms with Crippen molar-refractivity contribution in [2.45, 2.75) is 61.7 Å². The number of hydrogen-bond donors (Lipinski definition) is 0. The molecule has 1 saturated carbocycles. The number of alkyl halides is 1. The maximum atomic E-state index is 12.1. The highest BCUT2D eigenvalue weighted by Crippen LogP contribution is 2.45. The molecule has 128 valence electrons. The number of ketones is 1. The average Bonchev–Trinajstić information content (AvgIpc) is 2.57. The number of rotatable bonds is 7. The Morgan fingerprint density at radius 3 is 2.39 bits per heavy atom. The summed E-state index contributed by atoms with van der Waals surface area (Å²) in [5, 5.41) is 0. The van der Waals surface area contributed by atoms with Gasteiger partial charge in [-0.1, -0.05) is 42.4 Å². The number of carbonyl (C=O) groups is 1. The van der Waals surface area contributed by atoms with Crippen LogP contribution in [0.2, 0.25) is 0 Å². The molecule has 0 spiro atoms. The molecule has 1 aliphatic carbocycles. The molecule has 1 aromatic carbocycles. The maximum absolute atomic E-state index is 12.1. The summed E-state index contributed by atoms with van der Waals surface area (Å²) in [6.45, 7) is 2.21. The Bertz CT molecular complexity index is 516. The van der Waals surface area contributed by atoms with Crippen LogP contribution in [0, 0.1) is 0 Å². The van der Waals surface area contributed by atoms with Crippen molar-refractivity contribution >= 4 is 28.4 Å². The van der Waals surface area contributed by atoms with Crippen LogP contribution >= 0.6 is 22.6 Å². The maximum Gasteiger partial charge on any atom is 0.146 e. The van der Waals surface area contributed by atoms with Gasteiger partial charge in [0, 0.05) is 17.9 Å². The van der Waals surface area contributed by atoms with E-state index in [1.165, 1.54) is 24.8 Å². The molecule has 0 N–H and O–H groups in total. The molecular formula is C19H27IO3. The van der Waals surface area contributed by atoms with E-state index < -0.39 is 0 Å². The van der Waals surface area contributed by atoms with Crippen LogP contribution in [0.1, 0.15) is 62.5 Å². The standard InChI is InChI=1S/C19H27IO3/c1-4-5-6-8-13-11-16(22-2)18(17(12-13)23-3)14-9-7-10-15(21)19(14)20/h11-12,14,19H,4-10H2,1-3H3. The lowest BCUT2D eigenvalue weighted by atomic mass is 9.82. The number of carbonyl (C=O) groups excluding carboxylic acids is 1. The van der Waals surface area contributed by atoms with Gasteiger partial charge in [-0.05, 0) is 43.4 Å². The zero-order chi connectivity index (χ0) is 16.8. The van der Waals surface area contributed by atoms with E-state index in [0.29, 0.717) is 12.2 Å². The van der Waals surface area contributed by atoms with Crippen molar-refractivity contribution in [2.75, 3.05) is 14.2 Å². The van der Waals surface area contributed by atoms with E-state index in [9.17, 15) is 4.79 Å². The van der Waals surface area contributed by atoms with E-state index in [0.717, 1.165) is 36.3 Å². The molecule has 0 aromatic heterocycles. The van der Waals surface area contributed by atoms with Crippen LogP contribution in [-0.2, 0) is 11.2 Å². The molecule has 0 radical (unpaired) electrons. The molecule has 3 nitrogen and oxygen atoms in total. The Balaban J connectivity index is 2.35. The van der Waals surface area contributed by atoms with Crippen molar-refractivity contribution in [1.82, 2.24) is 0 Å². The summed E-state index contributed by atoms with van der Waals surface area (Å²) in [4.78, 5) is 12.1. The minimum absolute atomic E-state index is 0.00934. The van der Waals surface area contributed by atoms with Gasteiger partial charge in [0.05, 0.1) is 18.1 Å². The highest BCUT2D eigenvalue weighted by atomic mass is 127. The third kappa shape index (κ3) is 4.40. The first-order valence-corrected chi connectivity index (χ1v) is 9.78. The van der Waals surface area contributed by atoms with Gasteiger partial charge in [0.25, 0.3) is 0 Å². The molecule has 23 heavy (non-hydrogen) atoms. The molecule has 1 aromatic rings. The van der Waals surface area contributed by atoms with Gasteiger partial charge in [0.2, 0.25) is 0 Å². The number of aryl methyl sites for hydroxylation is 1. The summed E-state index contributed by atoms with van der Waals surface area (Å²) in [5.41, 5.74) is 2.32. The average molecular weight is 430 g/mol. The smallest absolute Gasteiger partial charge is 0.146 e.